The van der Waals surface area contributed by atoms with E-state index in [9.17, 15) is 0 Å². The molecule has 0 rings (SSSR count). The number of rotatable bonds is 6. The Balaban J connectivity index is 2.60. The van der Waals surface area contributed by atoms with Gasteiger partial charge in [-0.25, -0.2) is 0 Å². The van der Waals surface area contributed by atoms with Gasteiger partial charge in [0, 0.05) is 13.1 Å². The average molecular weight is 132 g/mol. The van der Waals surface area contributed by atoms with Crippen LogP contribution >= 0.6 is 0 Å². The molecule has 0 fully saturated rings. The van der Waals surface area contributed by atoms with E-state index in [0.29, 0.717) is 0 Å². The van der Waals surface area contributed by atoms with Crippen LogP contribution < -0.4 is 22.5 Å². The number of hydrogen-bond acceptors (Lipinski definition) is 4. The number of unbranched alkanes of at least 4 members (excludes halogenated alkanes) is 2. The summed E-state index contributed by atoms with van der Waals surface area (Å²) in [6.45, 7) is 1.79. The summed E-state index contributed by atoms with van der Waals surface area (Å²) in [5, 5.41) is 0. The van der Waals surface area contributed by atoms with Crippen molar-refractivity contribution in [3.8, 4) is 0 Å². The standard InChI is InChI=1S/C5H16N4/c6-8-4-2-1-3-5-9-7/h8-9H,1-7H2. The van der Waals surface area contributed by atoms with E-state index in [1.54, 1.807) is 0 Å². The minimum Gasteiger partial charge on any atom is -0.271 e. The molecule has 0 aromatic heterocycles. The molecule has 0 unspecified atom stereocenters. The van der Waals surface area contributed by atoms with Gasteiger partial charge in [0.05, 0.1) is 0 Å². The first-order valence-corrected chi connectivity index (χ1v) is 3.28. The van der Waals surface area contributed by atoms with Crippen LogP contribution in [0.1, 0.15) is 19.3 Å². The van der Waals surface area contributed by atoms with E-state index in [4.69, 9.17) is 11.7 Å². The Kier molecular flexibility index (Phi) is 7.70. The van der Waals surface area contributed by atoms with E-state index in [-0.39, 0.29) is 0 Å². The number of nitrogens with one attached hydrogen (secondary N) is 2. The highest BCUT2D eigenvalue weighted by molar-refractivity contribution is 4.44. The second-order valence-corrected chi connectivity index (χ2v) is 1.97. The predicted molar refractivity (Wildman–Crippen MR) is 38.2 cm³/mol. The van der Waals surface area contributed by atoms with Crippen molar-refractivity contribution in [2.45, 2.75) is 19.3 Å². The molecule has 0 aliphatic rings. The molecule has 4 nitrogen and oxygen atoms in total. The molecule has 0 bridgehead atoms. The molecule has 0 amide bonds. The van der Waals surface area contributed by atoms with E-state index in [1.807, 2.05) is 0 Å². The molecule has 0 radical (unpaired) electrons. The maximum Gasteiger partial charge on any atom is 0.00974 e. The fourth-order valence-corrected chi connectivity index (χ4v) is 0.631. The van der Waals surface area contributed by atoms with E-state index in [0.717, 1.165) is 25.9 Å². The third kappa shape index (κ3) is 7.84. The summed E-state index contributed by atoms with van der Waals surface area (Å²) < 4.78 is 0. The van der Waals surface area contributed by atoms with Crippen molar-refractivity contribution < 1.29 is 0 Å². The minimum atomic E-state index is 0.893. The minimum absolute atomic E-state index is 0.893. The normalized spacial score (nSPS) is 10.0. The van der Waals surface area contributed by atoms with Crippen LogP contribution in [0.3, 0.4) is 0 Å². The van der Waals surface area contributed by atoms with Crippen molar-refractivity contribution in [3.05, 3.63) is 0 Å². The monoisotopic (exact) mass is 132 g/mol. The summed E-state index contributed by atoms with van der Waals surface area (Å²) in [7, 11) is 0. The van der Waals surface area contributed by atoms with Crippen molar-refractivity contribution >= 4 is 0 Å². The maximum absolute atomic E-state index is 5.05. The summed E-state index contributed by atoms with van der Waals surface area (Å²) in [5.74, 6) is 10.1. The Bertz CT molecular complexity index is 42.2. The molecule has 4 heteroatoms. The summed E-state index contributed by atoms with van der Waals surface area (Å²) in [6.07, 6.45) is 3.42. The highest BCUT2D eigenvalue weighted by atomic mass is 15.2. The summed E-state index contributed by atoms with van der Waals surface area (Å²) >= 11 is 0. The topological polar surface area (TPSA) is 76.1 Å². The average Bonchev–Trinajstić information content (AvgIpc) is 1.89. The fourth-order valence-electron chi connectivity index (χ4n) is 0.631. The lowest BCUT2D eigenvalue weighted by Crippen LogP contribution is -2.24. The zero-order valence-corrected chi connectivity index (χ0v) is 5.69. The lowest BCUT2D eigenvalue weighted by molar-refractivity contribution is 0.590. The molecule has 9 heavy (non-hydrogen) atoms. The molecular formula is C5H16N4. The Hall–Kier alpha value is -0.160. The third-order valence-corrected chi connectivity index (χ3v) is 1.14. The zero-order valence-electron chi connectivity index (χ0n) is 5.69. The molecule has 0 heterocycles. The number of hydrazine groups is 2. The van der Waals surface area contributed by atoms with Gasteiger partial charge in [0.25, 0.3) is 0 Å². The van der Waals surface area contributed by atoms with E-state index < -0.39 is 0 Å². The van der Waals surface area contributed by atoms with Crippen LogP contribution in [0, 0.1) is 0 Å². The van der Waals surface area contributed by atoms with Gasteiger partial charge in [-0.3, -0.25) is 22.5 Å². The van der Waals surface area contributed by atoms with Gasteiger partial charge in [-0.1, -0.05) is 6.42 Å². The number of nitrogens with two attached hydrogens (primary N) is 2. The lowest BCUT2D eigenvalue weighted by Gasteiger charge is -1.98. The van der Waals surface area contributed by atoms with Crippen LogP contribution in [0.15, 0.2) is 0 Å². The smallest absolute Gasteiger partial charge is 0.00974 e. The fraction of sp³-hybridized carbons (Fsp3) is 1.00. The first-order valence-electron chi connectivity index (χ1n) is 3.28. The van der Waals surface area contributed by atoms with Crippen LogP contribution in [-0.2, 0) is 0 Å². The molecule has 0 saturated heterocycles. The predicted octanol–water partition coefficient (Wildman–Crippen LogP) is -0.917. The molecule has 0 spiro atoms. The second kappa shape index (κ2) is 7.84. The third-order valence-electron chi connectivity index (χ3n) is 1.14. The molecule has 0 atom stereocenters. The Morgan fingerprint density at radius 2 is 1.22 bits per heavy atom. The van der Waals surface area contributed by atoms with E-state index in [1.165, 1.54) is 6.42 Å². The molecule has 0 aliphatic carbocycles. The van der Waals surface area contributed by atoms with Gasteiger partial charge in [-0.2, -0.15) is 0 Å². The highest BCUT2D eigenvalue weighted by Gasteiger charge is 1.85. The van der Waals surface area contributed by atoms with Crippen LogP contribution in [0.4, 0.5) is 0 Å². The van der Waals surface area contributed by atoms with E-state index in [2.05, 4.69) is 10.9 Å². The van der Waals surface area contributed by atoms with Crippen LogP contribution in [0.5, 0.6) is 0 Å². The first kappa shape index (κ1) is 8.84. The summed E-state index contributed by atoms with van der Waals surface area (Å²) in [5.41, 5.74) is 5.19. The second-order valence-electron chi connectivity index (χ2n) is 1.97. The van der Waals surface area contributed by atoms with Gasteiger partial charge < -0.3 is 0 Å². The van der Waals surface area contributed by atoms with Crippen molar-refractivity contribution in [2.24, 2.45) is 11.7 Å². The van der Waals surface area contributed by atoms with Gasteiger partial charge in [-0.05, 0) is 12.8 Å². The molecule has 6 N–H and O–H groups in total. The molecule has 0 aromatic carbocycles. The maximum atomic E-state index is 5.05. The highest BCUT2D eigenvalue weighted by Crippen LogP contribution is 1.90. The quantitative estimate of drug-likeness (QED) is 0.214. The van der Waals surface area contributed by atoms with Crippen molar-refractivity contribution in [1.82, 2.24) is 10.9 Å². The SMILES string of the molecule is NNCCCCCNN. The van der Waals surface area contributed by atoms with Crippen molar-refractivity contribution in [3.63, 3.8) is 0 Å². The zero-order chi connectivity index (χ0) is 6.95. The number of hydrogen-bond donors (Lipinski definition) is 4. The Labute approximate surface area is 55.9 Å². The Morgan fingerprint density at radius 3 is 1.56 bits per heavy atom. The van der Waals surface area contributed by atoms with Gasteiger partial charge in [0.1, 0.15) is 0 Å². The first-order chi connectivity index (χ1) is 4.41. The Morgan fingerprint density at radius 1 is 0.778 bits per heavy atom. The molecule has 56 valence electrons. The molecule has 0 aliphatic heterocycles. The molecule has 0 aromatic rings. The van der Waals surface area contributed by atoms with Crippen LogP contribution in [0.25, 0.3) is 0 Å². The largest absolute Gasteiger partial charge is 0.271 e. The van der Waals surface area contributed by atoms with Crippen LogP contribution in [-0.4, -0.2) is 13.1 Å². The van der Waals surface area contributed by atoms with E-state index >= 15 is 0 Å². The van der Waals surface area contributed by atoms with Gasteiger partial charge in [0.2, 0.25) is 0 Å². The molecular weight excluding hydrogens is 116 g/mol. The van der Waals surface area contributed by atoms with Crippen molar-refractivity contribution in [2.75, 3.05) is 13.1 Å². The van der Waals surface area contributed by atoms with Gasteiger partial charge >= 0.3 is 0 Å². The van der Waals surface area contributed by atoms with Crippen LogP contribution in [0.2, 0.25) is 0 Å². The summed E-state index contributed by atoms with van der Waals surface area (Å²) in [6, 6.07) is 0. The molecule has 0 saturated carbocycles. The van der Waals surface area contributed by atoms with Gasteiger partial charge in [-0.15, -0.1) is 0 Å². The van der Waals surface area contributed by atoms with Crippen molar-refractivity contribution in [1.29, 1.82) is 0 Å². The lowest BCUT2D eigenvalue weighted by atomic mass is 10.2. The van der Waals surface area contributed by atoms with Gasteiger partial charge in [0.15, 0.2) is 0 Å². The summed E-state index contributed by atoms with van der Waals surface area (Å²) in [4.78, 5) is 0.